The molecule has 0 unspecified atom stereocenters. The number of aromatic nitrogens is 1. The maximum Gasteiger partial charge on any atom is 0.433 e. The van der Waals surface area contributed by atoms with E-state index >= 15 is 0 Å². The Morgan fingerprint density at radius 3 is 2.88 bits per heavy atom. The molecule has 2 heterocycles. The molecule has 0 bridgehead atoms. The Morgan fingerprint density at radius 2 is 2.29 bits per heavy atom. The van der Waals surface area contributed by atoms with Crippen LogP contribution in [0.25, 0.3) is 11.5 Å². The second kappa shape index (κ2) is 4.28. The van der Waals surface area contributed by atoms with Gasteiger partial charge in [-0.15, -0.1) is 0 Å². The van der Waals surface area contributed by atoms with Crippen LogP contribution in [0.15, 0.2) is 21.1 Å². The first kappa shape index (κ1) is 11.2. The molecule has 0 atom stereocenters. The van der Waals surface area contributed by atoms with Crippen LogP contribution in [0.1, 0.15) is 18.9 Å². The molecule has 2 rings (SSSR count). The van der Waals surface area contributed by atoms with Crippen LogP contribution in [0.2, 0.25) is 0 Å². The molecule has 90 valence electrons. The maximum absolute atomic E-state index is 10.5. The fourth-order valence-electron chi connectivity index (χ4n) is 1.55. The van der Waals surface area contributed by atoms with E-state index in [1.807, 2.05) is 6.92 Å². The summed E-state index contributed by atoms with van der Waals surface area (Å²) in [6, 6.07) is 2.74. The van der Waals surface area contributed by atoms with E-state index in [1.54, 1.807) is 0 Å². The first-order valence-corrected chi connectivity index (χ1v) is 5.12. The SMILES string of the molecule is CCCc1c(N)noc1-c1ccc([N+](=O)[O-])o1. The Kier molecular flexibility index (Phi) is 2.82. The van der Waals surface area contributed by atoms with Gasteiger partial charge in [-0.3, -0.25) is 10.1 Å². The van der Waals surface area contributed by atoms with Crippen molar-refractivity contribution in [3.8, 4) is 11.5 Å². The molecule has 7 heteroatoms. The minimum absolute atomic E-state index is 0.268. The Morgan fingerprint density at radius 1 is 1.53 bits per heavy atom. The molecular weight excluding hydrogens is 226 g/mol. The van der Waals surface area contributed by atoms with Gasteiger partial charge in [-0.25, -0.2) is 0 Å². The van der Waals surface area contributed by atoms with Gasteiger partial charge in [-0.2, -0.15) is 0 Å². The van der Waals surface area contributed by atoms with Crippen molar-refractivity contribution in [1.82, 2.24) is 5.16 Å². The highest BCUT2D eigenvalue weighted by atomic mass is 16.6. The molecule has 0 saturated carbocycles. The molecular formula is C10H11N3O4. The van der Waals surface area contributed by atoms with E-state index < -0.39 is 4.92 Å². The molecule has 17 heavy (non-hydrogen) atoms. The topological polar surface area (TPSA) is 108 Å². The highest BCUT2D eigenvalue weighted by Crippen LogP contribution is 2.32. The highest BCUT2D eigenvalue weighted by molar-refractivity contribution is 5.62. The molecule has 2 N–H and O–H groups in total. The van der Waals surface area contributed by atoms with Gasteiger partial charge >= 0.3 is 5.88 Å². The predicted octanol–water partition coefficient (Wildman–Crippen LogP) is 2.38. The van der Waals surface area contributed by atoms with E-state index in [2.05, 4.69) is 5.16 Å². The Labute approximate surface area is 96.3 Å². The molecule has 0 saturated heterocycles. The van der Waals surface area contributed by atoms with Crippen LogP contribution in [-0.4, -0.2) is 10.1 Å². The summed E-state index contributed by atoms with van der Waals surface area (Å²) in [7, 11) is 0. The van der Waals surface area contributed by atoms with Gasteiger partial charge in [0.25, 0.3) is 0 Å². The van der Waals surface area contributed by atoms with Gasteiger partial charge in [-0.1, -0.05) is 18.5 Å². The van der Waals surface area contributed by atoms with E-state index in [0.29, 0.717) is 18.0 Å². The lowest BCUT2D eigenvalue weighted by Gasteiger charge is -1.96. The molecule has 2 aromatic heterocycles. The van der Waals surface area contributed by atoms with Gasteiger partial charge < -0.3 is 14.7 Å². The van der Waals surface area contributed by atoms with Crippen LogP contribution in [0.4, 0.5) is 11.7 Å². The van der Waals surface area contributed by atoms with Gasteiger partial charge in [0.05, 0.1) is 6.07 Å². The van der Waals surface area contributed by atoms with Crippen molar-refractivity contribution in [2.45, 2.75) is 19.8 Å². The lowest BCUT2D eigenvalue weighted by molar-refractivity contribution is -0.401. The first-order valence-electron chi connectivity index (χ1n) is 5.12. The van der Waals surface area contributed by atoms with E-state index in [-0.39, 0.29) is 11.6 Å². The van der Waals surface area contributed by atoms with Crippen molar-refractivity contribution in [3.63, 3.8) is 0 Å². The highest BCUT2D eigenvalue weighted by Gasteiger charge is 2.21. The first-order chi connectivity index (χ1) is 8.13. The zero-order chi connectivity index (χ0) is 12.4. The zero-order valence-corrected chi connectivity index (χ0v) is 9.17. The number of hydrogen-bond donors (Lipinski definition) is 1. The van der Waals surface area contributed by atoms with Crippen LogP contribution in [0.5, 0.6) is 0 Å². The summed E-state index contributed by atoms with van der Waals surface area (Å²) in [6.45, 7) is 1.99. The average molecular weight is 237 g/mol. The van der Waals surface area contributed by atoms with E-state index in [0.717, 1.165) is 12.0 Å². The molecule has 0 aliphatic rings. The minimum atomic E-state index is -0.608. The number of nitrogen functional groups attached to an aromatic ring is 1. The smallest absolute Gasteiger partial charge is 0.397 e. The number of rotatable bonds is 4. The van der Waals surface area contributed by atoms with Gasteiger partial charge in [-0.05, 0) is 12.5 Å². The number of nitrogens with two attached hydrogens (primary N) is 1. The minimum Gasteiger partial charge on any atom is -0.397 e. The summed E-state index contributed by atoms with van der Waals surface area (Å²) < 4.78 is 10.1. The summed E-state index contributed by atoms with van der Waals surface area (Å²) in [5.74, 6) is 0.583. The Bertz CT molecular complexity index is 543. The standard InChI is InChI=1S/C10H11N3O4/c1-2-3-6-9(17-12-10(6)11)7-4-5-8(16-7)13(14)15/h4-5H,2-3H2,1H3,(H2,11,12). The Hall–Kier alpha value is -2.31. The quantitative estimate of drug-likeness (QED) is 0.645. The van der Waals surface area contributed by atoms with Crippen LogP contribution >= 0.6 is 0 Å². The van der Waals surface area contributed by atoms with Crippen molar-refractivity contribution in [2.24, 2.45) is 0 Å². The molecule has 0 aliphatic heterocycles. The second-order valence-electron chi connectivity index (χ2n) is 3.52. The van der Waals surface area contributed by atoms with Crippen molar-refractivity contribution < 1.29 is 13.9 Å². The summed E-state index contributed by atoms with van der Waals surface area (Å²) in [5.41, 5.74) is 6.37. The predicted molar refractivity (Wildman–Crippen MR) is 59.3 cm³/mol. The molecule has 0 amide bonds. The van der Waals surface area contributed by atoms with Crippen LogP contribution in [-0.2, 0) is 6.42 Å². The molecule has 2 aromatic rings. The fourth-order valence-corrected chi connectivity index (χ4v) is 1.55. The lowest BCUT2D eigenvalue weighted by Crippen LogP contribution is -1.92. The van der Waals surface area contributed by atoms with Crippen molar-refractivity contribution in [1.29, 1.82) is 0 Å². The monoisotopic (exact) mass is 237 g/mol. The van der Waals surface area contributed by atoms with E-state index in [1.165, 1.54) is 12.1 Å². The number of nitrogens with zero attached hydrogens (tertiary/aromatic N) is 2. The van der Waals surface area contributed by atoms with Gasteiger partial charge in [0.1, 0.15) is 4.92 Å². The molecule has 0 aliphatic carbocycles. The van der Waals surface area contributed by atoms with E-state index in [4.69, 9.17) is 14.7 Å². The van der Waals surface area contributed by atoms with Crippen molar-refractivity contribution in [3.05, 3.63) is 27.8 Å². The molecule has 0 radical (unpaired) electrons. The normalized spacial score (nSPS) is 10.6. The lowest BCUT2D eigenvalue weighted by atomic mass is 10.1. The van der Waals surface area contributed by atoms with Gasteiger partial charge in [0.2, 0.25) is 5.76 Å². The molecule has 0 aromatic carbocycles. The third-order valence-corrected chi connectivity index (χ3v) is 2.31. The van der Waals surface area contributed by atoms with Crippen molar-refractivity contribution >= 4 is 11.7 Å². The second-order valence-corrected chi connectivity index (χ2v) is 3.52. The summed E-state index contributed by atoms with van der Waals surface area (Å²) >= 11 is 0. The molecule has 0 fully saturated rings. The van der Waals surface area contributed by atoms with Gasteiger partial charge in [0, 0.05) is 5.56 Å². The van der Waals surface area contributed by atoms with Crippen LogP contribution in [0.3, 0.4) is 0 Å². The van der Waals surface area contributed by atoms with Crippen LogP contribution < -0.4 is 5.73 Å². The third kappa shape index (κ3) is 1.99. The average Bonchev–Trinajstić information content (AvgIpc) is 2.87. The number of nitro groups is 1. The summed E-state index contributed by atoms with van der Waals surface area (Å²) in [4.78, 5) is 9.89. The van der Waals surface area contributed by atoms with Gasteiger partial charge in [0.15, 0.2) is 11.6 Å². The number of furan rings is 1. The van der Waals surface area contributed by atoms with Crippen LogP contribution in [0, 0.1) is 10.1 Å². The molecule has 0 spiro atoms. The maximum atomic E-state index is 10.5. The third-order valence-electron chi connectivity index (χ3n) is 2.31. The Balaban J connectivity index is 2.41. The van der Waals surface area contributed by atoms with Crippen molar-refractivity contribution in [2.75, 3.05) is 5.73 Å². The zero-order valence-electron chi connectivity index (χ0n) is 9.17. The molecule has 7 nitrogen and oxygen atoms in total. The largest absolute Gasteiger partial charge is 0.433 e. The number of hydrogen-bond acceptors (Lipinski definition) is 6. The fraction of sp³-hybridized carbons (Fsp3) is 0.300. The summed E-state index contributed by atoms with van der Waals surface area (Å²) in [6.07, 6.45) is 1.54. The number of anilines is 1. The summed E-state index contributed by atoms with van der Waals surface area (Å²) in [5, 5.41) is 14.1. The van der Waals surface area contributed by atoms with E-state index in [9.17, 15) is 10.1 Å².